The Morgan fingerprint density at radius 1 is 1.09 bits per heavy atom. The van der Waals surface area contributed by atoms with Crippen LogP contribution < -0.4 is 10.2 Å². The second-order valence-corrected chi connectivity index (χ2v) is 10.6. The molecule has 2 aliphatic rings. The van der Waals surface area contributed by atoms with Gasteiger partial charge >= 0.3 is 0 Å². The molecule has 1 aromatic heterocycles. The number of aromatic nitrogens is 2. The molecule has 0 spiro atoms. The summed E-state index contributed by atoms with van der Waals surface area (Å²) in [7, 11) is 0. The standard InChI is InChI=1S/C27H38FN5O/c1-27(2,3)26-30-23(20-9-8-10-20)19-24(31-26)33-17-15-32(16-18-33)14-7-6-13-29-25(34)21-11-4-5-12-22(21)28/h4-5,11-12,19-20H,6-10,13-18H2,1-3H3,(H,29,34). The Morgan fingerprint density at radius 2 is 1.82 bits per heavy atom. The zero-order chi connectivity index (χ0) is 24.1. The number of halogens is 1. The average Bonchev–Trinajstić information content (AvgIpc) is 2.77. The van der Waals surface area contributed by atoms with E-state index in [-0.39, 0.29) is 16.9 Å². The van der Waals surface area contributed by atoms with Gasteiger partial charge in [-0.25, -0.2) is 14.4 Å². The molecule has 4 rings (SSSR count). The van der Waals surface area contributed by atoms with Crippen molar-refractivity contribution in [3.63, 3.8) is 0 Å². The van der Waals surface area contributed by atoms with Crippen molar-refractivity contribution >= 4 is 11.7 Å². The van der Waals surface area contributed by atoms with Crippen molar-refractivity contribution in [2.45, 2.75) is 64.2 Å². The Balaban J connectivity index is 1.22. The summed E-state index contributed by atoms with van der Waals surface area (Å²) >= 11 is 0. The zero-order valence-corrected chi connectivity index (χ0v) is 20.8. The summed E-state index contributed by atoms with van der Waals surface area (Å²) in [5.74, 6) is 1.82. The molecule has 1 aliphatic heterocycles. The first-order chi connectivity index (χ1) is 16.3. The molecule has 0 bridgehead atoms. The molecule has 0 radical (unpaired) electrons. The van der Waals surface area contributed by atoms with Gasteiger partial charge in [0.05, 0.1) is 5.56 Å². The van der Waals surface area contributed by atoms with Gasteiger partial charge in [-0.15, -0.1) is 0 Å². The lowest BCUT2D eigenvalue weighted by molar-refractivity contribution is 0.0948. The summed E-state index contributed by atoms with van der Waals surface area (Å²) in [6.45, 7) is 12.1. The number of amides is 1. The van der Waals surface area contributed by atoms with Crippen LogP contribution in [0.3, 0.4) is 0 Å². The molecule has 1 aromatic carbocycles. The Labute approximate surface area is 203 Å². The molecule has 2 heterocycles. The van der Waals surface area contributed by atoms with E-state index in [1.807, 2.05) is 0 Å². The number of unbranched alkanes of at least 4 members (excludes halogenated alkanes) is 1. The van der Waals surface area contributed by atoms with Crippen LogP contribution >= 0.6 is 0 Å². The lowest BCUT2D eigenvalue weighted by Crippen LogP contribution is -2.47. The smallest absolute Gasteiger partial charge is 0.254 e. The van der Waals surface area contributed by atoms with E-state index in [1.54, 1.807) is 12.1 Å². The molecule has 2 aromatic rings. The van der Waals surface area contributed by atoms with Gasteiger partial charge in [-0.2, -0.15) is 0 Å². The van der Waals surface area contributed by atoms with Gasteiger partial charge < -0.3 is 10.2 Å². The molecule has 2 fully saturated rings. The maximum absolute atomic E-state index is 13.7. The highest BCUT2D eigenvalue weighted by Crippen LogP contribution is 2.37. The number of carbonyl (C=O) groups excluding carboxylic acids is 1. The van der Waals surface area contributed by atoms with Gasteiger partial charge in [0, 0.05) is 55.8 Å². The van der Waals surface area contributed by atoms with Crippen LogP contribution in [0, 0.1) is 5.82 Å². The number of piperazine rings is 1. The molecule has 1 saturated carbocycles. The van der Waals surface area contributed by atoms with Crippen LogP contribution in [0.15, 0.2) is 30.3 Å². The highest BCUT2D eigenvalue weighted by molar-refractivity contribution is 5.94. The molecular weight excluding hydrogens is 429 g/mol. The molecule has 0 atom stereocenters. The topological polar surface area (TPSA) is 61.4 Å². The number of hydrogen-bond acceptors (Lipinski definition) is 5. The first kappa shape index (κ1) is 24.6. The monoisotopic (exact) mass is 467 g/mol. The van der Waals surface area contributed by atoms with Crippen LogP contribution in [0.1, 0.15) is 80.7 Å². The van der Waals surface area contributed by atoms with Crippen molar-refractivity contribution in [3.8, 4) is 0 Å². The van der Waals surface area contributed by atoms with Crippen molar-refractivity contribution < 1.29 is 9.18 Å². The van der Waals surface area contributed by atoms with E-state index in [0.29, 0.717) is 12.5 Å². The first-order valence-electron chi connectivity index (χ1n) is 12.7. The summed E-state index contributed by atoms with van der Waals surface area (Å²) in [6, 6.07) is 8.33. The third kappa shape index (κ3) is 6.12. The number of hydrogen-bond donors (Lipinski definition) is 1. The fraction of sp³-hybridized carbons (Fsp3) is 0.593. The molecular formula is C27H38FN5O. The molecule has 0 unspecified atom stereocenters. The minimum atomic E-state index is -0.476. The zero-order valence-electron chi connectivity index (χ0n) is 20.8. The predicted octanol–water partition coefficient (Wildman–Crippen LogP) is 4.51. The van der Waals surface area contributed by atoms with Gasteiger partial charge in [0.1, 0.15) is 17.5 Å². The van der Waals surface area contributed by atoms with E-state index in [4.69, 9.17) is 9.97 Å². The van der Waals surface area contributed by atoms with Gasteiger partial charge in [-0.1, -0.05) is 39.3 Å². The van der Waals surface area contributed by atoms with Gasteiger partial charge in [0.2, 0.25) is 0 Å². The van der Waals surface area contributed by atoms with Crippen LogP contribution in [0.25, 0.3) is 0 Å². The Bertz CT molecular complexity index is 977. The first-order valence-corrected chi connectivity index (χ1v) is 12.7. The number of rotatable bonds is 8. The van der Waals surface area contributed by atoms with Crippen LogP contribution in [-0.2, 0) is 5.41 Å². The Kier molecular flexibility index (Phi) is 7.81. The van der Waals surface area contributed by atoms with Crippen molar-refractivity contribution in [1.29, 1.82) is 0 Å². The lowest BCUT2D eigenvalue weighted by atomic mass is 9.82. The van der Waals surface area contributed by atoms with Gasteiger partial charge in [-0.05, 0) is 44.4 Å². The average molecular weight is 468 g/mol. The van der Waals surface area contributed by atoms with Crippen LogP contribution in [-0.4, -0.2) is 60.0 Å². The van der Waals surface area contributed by atoms with E-state index in [0.717, 1.165) is 57.2 Å². The Hall–Kier alpha value is -2.54. The van der Waals surface area contributed by atoms with Crippen molar-refractivity contribution in [1.82, 2.24) is 20.2 Å². The minimum absolute atomic E-state index is 0.0575. The molecule has 1 amide bonds. The number of nitrogens with one attached hydrogen (secondary N) is 1. The van der Waals surface area contributed by atoms with Crippen LogP contribution in [0.2, 0.25) is 0 Å². The molecule has 34 heavy (non-hydrogen) atoms. The van der Waals surface area contributed by atoms with Crippen LogP contribution in [0.4, 0.5) is 10.2 Å². The normalized spacial score (nSPS) is 17.5. The SMILES string of the molecule is CC(C)(C)c1nc(C2CCC2)cc(N2CCN(CCCCNC(=O)c3ccccc3F)CC2)n1. The second-order valence-electron chi connectivity index (χ2n) is 10.6. The lowest BCUT2D eigenvalue weighted by Gasteiger charge is -2.36. The minimum Gasteiger partial charge on any atom is -0.354 e. The number of carbonyl (C=O) groups is 1. The quantitative estimate of drug-likeness (QED) is 0.579. The number of nitrogens with zero attached hydrogens (tertiary/aromatic N) is 4. The summed E-state index contributed by atoms with van der Waals surface area (Å²) in [5, 5.41) is 2.83. The fourth-order valence-corrected chi connectivity index (χ4v) is 4.47. The fourth-order valence-electron chi connectivity index (χ4n) is 4.47. The summed E-state index contributed by atoms with van der Waals surface area (Å²) < 4.78 is 13.7. The highest BCUT2D eigenvalue weighted by atomic mass is 19.1. The van der Waals surface area contributed by atoms with Gasteiger partial charge in [-0.3, -0.25) is 9.69 Å². The predicted molar refractivity (Wildman–Crippen MR) is 134 cm³/mol. The summed E-state index contributed by atoms with van der Waals surface area (Å²) in [4.78, 5) is 26.9. The number of benzene rings is 1. The van der Waals surface area contributed by atoms with E-state index in [9.17, 15) is 9.18 Å². The van der Waals surface area contributed by atoms with Gasteiger partial charge in [0.25, 0.3) is 5.91 Å². The van der Waals surface area contributed by atoms with Crippen molar-refractivity contribution in [2.24, 2.45) is 0 Å². The molecule has 6 nitrogen and oxygen atoms in total. The van der Waals surface area contributed by atoms with Crippen molar-refractivity contribution in [3.05, 3.63) is 53.2 Å². The largest absolute Gasteiger partial charge is 0.354 e. The van der Waals surface area contributed by atoms with E-state index in [1.165, 1.54) is 37.1 Å². The maximum atomic E-state index is 13.7. The summed E-state index contributed by atoms with van der Waals surface area (Å²) in [5.41, 5.74) is 1.28. The third-order valence-corrected chi connectivity index (χ3v) is 6.93. The molecule has 7 heteroatoms. The van der Waals surface area contributed by atoms with Crippen molar-refractivity contribution in [2.75, 3.05) is 44.2 Å². The van der Waals surface area contributed by atoms with Gasteiger partial charge in [0.15, 0.2) is 0 Å². The Morgan fingerprint density at radius 3 is 2.47 bits per heavy atom. The van der Waals surface area contributed by atoms with E-state index >= 15 is 0 Å². The molecule has 1 N–H and O–H groups in total. The third-order valence-electron chi connectivity index (χ3n) is 6.93. The van der Waals surface area contributed by atoms with Crippen LogP contribution in [0.5, 0.6) is 0 Å². The molecule has 1 saturated heterocycles. The molecule has 1 aliphatic carbocycles. The summed E-state index contributed by atoms with van der Waals surface area (Å²) in [6.07, 6.45) is 5.68. The number of anilines is 1. The molecule has 184 valence electrons. The maximum Gasteiger partial charge on any atom is 0.254 e. The second kappa shape index (κ2) is 10.8. The highest BCUT2D eigenvalue weighted by Gasteiger charge is 2.27. The van der Waals surface area contributed by atoms with E-state index in [2.05, 4.69) is 42.0 Å². The van der Waals surface area contributed by atoms with E-state index < -0.39 is 5.82 Å².